The monoisotopic (exact) mass is 254 g/mol. The van der Waals surface area contributed by atoms with Gasteiger partial charge in [0.1, 0.15) is 5.82 Å². The van der Waals surface area contributed by atoms with E-state index >= 15 is 0 Å². The molecule has 1 aromatic rings. The number of halogens is 1. The maximum absolute atomic E-state index is 5.83. The summed E-state index contributed by atoms with van der Waals surface area (Å²) in [6.45, 7) is 3.27. The molecule has 2 saturated heterocycles. The van der Waals surface area contributed by atoms with E-state index in [0.29, 0.717) is 5.02 Å². The molecule has 0 atom stereocenters. The lowest BCUT2D eigenvalue weighted by Crippen LogP contribution is -2.45. The molecule has 5 heteroatoms. The van der Waals surface area contributed by atoms with Gasteiger partial charge in [-0.15, -0.1) is 0 Å². The lowest BCUT2D eigenvalue weighted by Gasteiger charge is -2.38. The van der Waals surface area contributed by atoms with Crippen LogP contribution in [0, 0.1) is 0 Å². The van der Waals surface area contributed by atoms with Crippen LogP contribution in [-0.4, -0.2) is 37.1 Å². The summed E-state index contributed by atoms with van der Waals surface area (Å²) in [6.07, 6.45) is 3.48. The molecule has 3 rings (SSSR count). The van der Waals surface area contributed by atoms with Gasteiger partial charge in [0.2, 0.25) is 0 Å². The number of rotatable bonds is 1. The topological polar surface area (TPSA) is 34.6 Å². The van der Waals surface area contributed by atoms with Crippen LogP contribution in [0.2, 0.25) is 5.02 Å². The van der Waals surface area contributed by atoms with Crippen molar-refractivity contribution in [2.24, 2.45) is 0 Å². The first-order chi connectivity index (χ1) is 8.27. The molecule has 2 fully saturated rings. The standard InChI is InChI=1S/C12H15ClN2O2/c13-10-1-2-11(14-9-10)15-5-3-12(4-6-15)16-7-8-17-12/h1-2,9H,3-8H2. The van der Waals surface area contributed by atoms with Gasteiger partial charge in [-0.25, -0.2) is 4.98 Å². The highest BCUT2D eigenvalue weighted by atomic mass is 35.5. The first kappa shape index (κ1) is 11.3. The van der Waals surface area contributed by atoms with Gasteiger partial charge in [0.05, 0.1) is 18.2 Å². The van der Waals surface area contributed by atoms with Crippen LogP contribution in [0.3, 0.4) is 0 Å². The number of nitrogens with zero attached hydrogens (tertiary/aromatic N) is 2. The van der Waals surface area contributed by atoms with E-state index in [9.17, 15) is 0 Å². The van der Waals surface area contributed by atoms with Crippen molar-refractivity contribution in [2.75, 3.05) is 31.2 Å². The normalized spacial score (nSPS) is 23.2. The quantitative estimate of drug-likeness (QED) is 0.769. The second kappa shape index (κ2) is 4.44. The smallest absolute Gasteiger partial charge is 0.171 e. The van der Waals surface area contributed by atoms with E-state index in [1.54, 1.807) is 6.20 Å². The summed E-state index contributed by atoms with van der Waals surface area (Å²) in [5, 5.41) is 0.671. The van der Waals surface area contributed by atoms with Crippen molar-refractivity contribution in [3.8, 4) is 0 Å². The van der Waals surface area contributed by atoms with Crippen molar-refractivity contribution in [1.29, 1.82) is 0 Å². The van der Waals surface area contributed by atoms with E-state index in [0.717, 1.165) is 45.0 Å². The minimum atomic E-state index is -0.317. The van der Waals surface area contributed by atoms with E-state index in [2.05, 4.69) is 9.88 Å². The summed E-state index contributed by atoms with van der Waals surface area (Å²) in [7, 11) is 0. The number of anilines is 1. The summed E-state index contributed by atoms with van der Waals surface area (Å²) < 4.78 is 11.4. The van der Waals surface area contributed by atoms with E-state index in [4.69, 9.17) is 21.1 Å². The Morgan fingerprint density at radius 1 is 1.18 bits per heavy atom. The molecule has 0 aromatic carbocycles. The van der Waals surface area contributed by atoms with Crippen LogP contribution in [0.15, 0.2) is 18.3 Å². The number of piperidine rings is 1. The average Bonchev–Trinajstić information content (AvgIpc) is 2.80. The van der Waals surface area contributed by atoms with Crippen molar-refractivity contribution >= 4 is 17.4 Å². The molecular formula is C12H15ClN2O2. The number of ether oxygens (including phenoxy) is 2. The highest BCUT2D eigenvalue weighted by Gasteiger charge is 2.39. The molecule has 17 heavy (non-hydrogen) atoms. The maximum Gasteiger partial charge on any atom is 0.171 e. The number of pyridine rings is 1. The first-order valence-corrected chi connectivity index (χ1v) is 6.30. The molecule has 92 valence electrons. The second-order valence-electron chi connectivity index (χ2n) is 4.43. The van der Waals surface area contributed by atoms with Gasteiger partial charge in [-0.3, -0.25) is 0 Å². The van der Waals surface area contributed by atoms with Crippen LogP contribution < -0.4 is 4.90 Å². The lowest BCUT2D eigenvalue weighted by molar-refractivity contribution is -0.169. The van der Waals surface area contributed by atoms with Gasteiger partial charge in [-0.1, -0.05) is 11.6 Å². The third-order valence-corrected chi connectivity index (χ3v) is 3.60. The van der Waals surface area contributed by atoms with Gasteiger partial charge in [0.15, 0.2) is 5.79 Å². The number of aromatic nitrogens is 1. The summed E-state index contributed by atoms with van der Waals surface area (Å²) in [6, 6.07) is 3.83. The fourth-order valence-electron chi connectivity index (χ4n) is 2.42. The molecule has 0 saturated carbocycles. The summed E-state index contributed by atoms with van der Waals surface area (Å²) in [5.41, 5.74) is 0. The zero-order valence-corrected chi connectivity index (χ0v) is 10.3. The van der Waals surface area contributed by atoms with Crippen LogP contribution in [0.4, 0.5) is 5.82 Å². The lowest BCUT2D eigenvalue weighted by atomic mass is 10.0. The Hall–Kier alpha value is -0.840. The Bertz CT molecular complexity index is 380. The van der Waals surface area contributed by atoms with Crippen LogP contribution >= 0.6 is 11.6 Å². The van der Waals surface area contributed by atoms with E-state index in [1.807, 2.05) is 12.1 Å². The maximum atomic E-state index is 5.83. The van der Waals surface area contributed by atoms with Gasteiger partial charge in [-0.05, 0) is 12.1 Å². The van der Waals surface area contributed by atoms with Crippen molar-refractivity contribution in [3.05, 3.63) is 23.4 Å². The molecule has 2 aliphatic rings. The van der Waals surface area contributed by atoms with E-state index < -0.39 is 0 Å². The zero-order valence-electron chi connectivity index (χ0n) is 9.56. The minimum Gasteiger partial charge on any atom is -0.356 e. The first-order valence-electron chi connectivity index (χ1n) is 5.92. The molecule has 0 amide bonds. The molecule has 3 heterocycles. The zero-order chi connectivity index (χ0) is 11.7. The molecule has 0 N–H and O–H groups in total. The highest BCUT2D eigenvalue weighted by molar-refractivity contribution is 6.30. The predicted molar refractivity (Wildman–Crippen MR) is 65.3 cm³/mol. The van der Waals surface area contributed by atoms with Crippen LogP contribution in [-0.2, 0) is 9.47 Å². The molecule has 1 spiro atoms. The van der Waals surface area contributed by atoms with E-state index in [1.165, 1.54) is 0 Å². The molecular weight excluding hydrogens is 240 g/mol. The van der Waals surface area contributed by atoms with Gasteiger partial charge in [-0.2, -0.15) is 0 Å². The molecule has 2 aliphatic heterocycles. The van der Waals surface area contributed by atoms with Crippen LogP contribution in [0.1, 0.15) is 12.8 Å². The van der Waals surface area contributed by atoms with Crippen LogP contribution in [0.5, 0.6) is 0 Å². The predicted octanol–water partition coefficient (Wildman–Crippen LogP) is 2.08. The Labute approximate surface area is 105 Å². The Balaban J connectivity index is 1.66. The highest BCUT2D eigenvalue weighted by Crippen LogP contribution is 2.32. The summed E-state index contributed by atoms with van der Waals surface area (Å²) in [4.78, 5) is 6.57. The second-order valence-corrected chi connectivity index (χ2v) is 4.87. The minimum absolute atomic E-state index is 0.317. The third-order valence-electron chi connectivity index (χ3n) is 3.37. The summed E-state index contributed by atoms with van der Waals surface area (Å²) >= 11 is 5.83. The molecule has 0 unspecified atom stereocenters. The van der Waals surface area contributed by atoms with Crippen molar-refractivity contribution < 1.29 is 9.47 Å². The average molecular weight is 255 g/mol. The van der Waals surface area contributed by atoms with Crippen molar-refractivity contribution in [1.82, 2.24) is 4.98 Å². The Kier molecular flexibility index (Phi) is 2.94. The summed E-state index contributed by atoms with van der Waals surface area (Å²) in [5.74, 6) is 0.658. The van der Waals surface area contributed by atoms with Crippen molar-refractivity contribution in [2.45, 2.75) is 18.6 Å². The van der Waals surface area contributed by atoms with Gasteiger partial charge in [0.25, 0.3) is 0 Å². The van der Waals surface area contributed by atoms with Gasteiger partial charge < -0.3 is 14.4 Å². The fourth-order valence-corrected chi connectivity index (χ4v) is 2.53. The van der Waals surface area contributed by atoms with Gasteiger partial charge >= 0.3 is 0 Å². The Morgan fingerprint density at radius 3 is 2.47 bits per heavy atom. The largest absolute Gasteiger partial charge is 0.356 e. The number of hydrogen-bond donors (Lipinski definition) is 0. The number of hydrogen-bond acceptors (Lipinski definition) is 4. The van der Waals surface area contributed by atoms with Crippen molar-refractivity contribution in [3.63, 3.8) is 0 Å². The molecule has 0 aliphatic carbocycles. The van der Waals surface area contributed by atoms with Crippen LogP contribution in [0.25, 0.3) is 0 Å². The fraction of sp³-hybridized carbons (Fsp3) is 0.583. The third kappa shape index (κ3) is 2.25. The van der Waals surface area contributed by atoms with Gasteiger partial charge in [0, 0.05) is 32.1 Å². The molecule has 4 nitrogen and oxygen atoms in total. The Morgan fingerprint density at radius 2 is 1.88 bits per heavy atom. The molecule has 0 bridgehead atoms. The van der Waals surface area contributed by atoms with E-state index in [-0.39, 0.29) is 5.79 Å². The SMILES string of the molecule is Clc1ccc(N2CCC3(CC2)OCCO3)nc1. The molecule has 1 aromatic heterocycles. The molecule has 0 radical (unpaired) electrons.